The zero-order chi connectivity index (χ0) is 10.6. The second kappa shape index (κ2) is 5.10. The summed E-state index contributed by atoms with van der Waals surface area (Å²) < 4.78 is 5.40. The molecule has 0 radical (unpaired) electrons. The molecule has 0 aromatic rings. The summed E-state index contributed by atoms with van der Waals surface area (Å²) in [7, 11) is 0. The quantitative estimate of drug-likeness (QED) is 0.738. The Morgan fingerprint density at radius 2 is 2.21 bits per heavy atom. The van der Waals surface area contributed by atoms with Crippen LogP contribution in [0.15, 0.2) is 0 Å². The topological polar surface area (TPSA) is 38.5 Å². The summed E-state index contributed by atoms with van der Waals surface area (Å²) in [5, 5.41) is 0. The second-order valence-electron chi connectivity index (χ2n) is 5.08. The van der Waals surface area contributed by atoms with Crippen LogP contribution in [0.1, 0.15) is 27.2 Å². The number of rotatable bonds is 4. The minimum Gasteiger partial charge on any atom is -0.379 e. The Morgan fingerprint density at radius 1 is 1.50 bits per heavy atom. The normalized spacial score (nSPS) is 25.3. The molecule has 0 aromatic carbocycles. The van der Waals surface area contributed by atoms with Crippen molar-refractivity contribution in [2.24, 2.45) is 11.1 Å². The first kappa shape index (κ1) is 12.0. The number of ether oxygens (including phenoxy) is 1. The van der Waals surface area contributed by atoms with Crippen molar-refractivity contribution in [3.8, 4) is 0 Å². The van der Waals surface area contributed by atoms with E-state index in [1.165, 1.54) is 6.42 Å². The van der Waals surface area contributed by atoms with Crippen LogP contribution in [0.2, 0.25) is 0 Å². The molecule has 0 aromatic heterocycles. The Kier molecular flexibility index (Phi) is 4.35. The van der Waals surface area contributed by atoms with Gasteiger partial charge in [0.15, 0.2) is 0 Å². The average molecular weight is 200 g/mol. The zero-order valence-electron chi connectivity index (χ0n) is 9.75. The van der Waals surface area contributed by atoms with Gasteiger partial charge in [-0.15, -0.1) is 0 Å². The van der Waals surface area contributed by atoms with Gasteiger partial charge in [0.2, 0.25) is 0 Å². The fourth-order valence-electron chi connectivity index (χ4n) is 1.64. The van der Waals surface area contributed by atoms with Gasteiger partial charge in [0.25, 0.3) is 0 Å². The molecule has 3 nitrogen and oxygen atoms in total. The van der Waals surface area contributed by atoms with Crippen LogP contribution >= 0.6 is 0 Å². The molecule has 1 saturated heterocycles. The fraction of sp³-hybridized carbons (Fsp3) is 1.00. The molecule has 0 bridgehead atoms. The highest BCUT2D eigenvalue weighted by atomic mass is 16.5. The Bertz CT molecular complexity index is 171. The summed E-state index contributed by atoms with van der Waals surface area (Å²) in [5.41, 5.74) is 5.99. The number of hydrogen-bond acceptors (Lipinski definition) is 3. The van der Waals surface area contributed by atoms with E-state index in [4.69, 9.17) is 10.5 Å². The minimum absolute atomic E-state index is 0.276. The summed E-state index contributed by atoms with van der Waals surface area (Å²) in [6, 6.07) is 0.567. The van der Waals surface area contributed by atoms with Gasteiger partial charge in [-0.25, -0.2) is 0 Å². The average Bonchev–Trinajstić information content (AvgIpc) is 2.17. The maximum atomic E-state index is 5.71. The maximum absolute atomic E-state index is 5.71. The van der Waals surface area contributed by atoms with E-state index in [0.717, 1.165) is 32.8 Å². The van der Waals surface area contributed by atoms with Gasteiger partial charge < -0.3 is 10.5 Å². The highest BCUT2D eigenvalue weighted by molar-refractivity contribution is 4.76. The lowest BCUT2D eigenvalue weighted by molar-refractivity contribution is -0.00459. The molecule has 1 fully saturated rings. The summed E-state index contributed by atoms with van der Waals surface area (Å²) in [6.45, 7) is 11.4. The van der Waals surface area contributed by atoms with Crippen LogP contribution in [0.5, 0.6) is 0 Å². The Balaban J connectivity index is 2.29. The summed E-state index contributed by atoms with van der Waals surface area (Å²) in [4.78, 5) is 2.50. The van der Waals surface area contributed by atoms with E-state index in [1.807, 2.05) is 0 Å². The van der Waals surface area contributed by atoms with Crippen LogP contribution in [0, 0.1) is 5.41 Å². The van der Waals surface area contributed by atoms with Crippen LogP contribution in [0.3, 0.4) is 0 Å². The molecular formula is C11H24N2O. The Labute approximate surface area is 87.6 Å². The SMILES string of the molecule is CC1COCCN1CCC(C)(C)CN. The second-order valence-corrected chi connectivity index (χ2v) is 5.08. The van der Waals surface area contributed by atoms with Crippen molar-refractivity contribution in [2.45, 2.75) is 33.2 Å². The van der Waals surface area contributed by atoms with E-state index in [-0.39, 0.29) is 5.41 Å². The highest BCUT2D eigenvalue weighted by Gasteiger charge is 2.22. The zero-order valence-corrected chi connectivity index (χ0v) is 9.75. The summed E-state index contributed by atoms with van der Waals surface area (Å²) in [6.07, 6.45) is 1.17. The smallest absolute Gasteiger partial charge is 0.0619 e. The summed E-state index contributed by atoms with van der Waals surface area (Å²) in [5.74, 6) is 0. The lowest BCUT2D eigenvalue weighted by Crippen LogP contribution is -2.45. The third-order valence-corrected chi connectivity index (χ3v) is 3.13. The van der Waals surface area contributed by atoms with Gasteiger partial charge in [0, 0.05) is 12.6 Å². The van der Waals surface area contributed by atoms with E-state index in [2.05, 4.69) is 25.7 Å². The molecule has 1 atom stereocenters. The molecule has 1 unspecified atom stereocenters. The largest absolute Gasteiger partial charge is 0.379 e. The van der Waals surface area contributed by atoms with Crippen LogP contribution in [-0.2, 0) is 4.74 Å². The molecule has 0 amide bonds. The fourth-order valence-corrected chi connectivity index (χ4v) is 1.64. The molecule has 3 heteroatoms. The van der Waals surface area contributed by atoms with Gasteiger partial charge in [-0.05, 0) is 31.8 Å². The number of nitrogens with zero attached hydrogens (tertiary/aromatic N) is 1. The van der Waals surface area contributed by atoms with Crippen molar-refractivity contribution >= 4 is 0 Å². The molecule has 14 heavy (non-hydrogen) atoms. The number of nitrogens with two attached hydrogens (primary N) is 1. The summed E-state index contributed by atoms with van der Waals surface area (Å²) >= 11 is 0. The van der Waals surface area contributed by atoms with Crippen molar-refractivity contribution in [3.05, 3.63) is 0 Å². The lowest BCUT2D eigenvalue weighted by Gasteiger charge is -2.35. The first-order valence-corrected chi connectivity index (χ1v) is 5.57. The lowest BCUT2D eigenvalue weighted by atomic mass is 9.89. The van der Waals surface area contributed by atoms with Crippen molar-refractivity contribution in [3.63, 3.8) is 0 Å². The molecule has 84 valence electrons. The van der Waals surface area contributed by atoms with Crippen molar-refractivity contribution in [1.29, 1.82) is 0 Å². The Morgan fingerprint density at radius 3 is 2.79 bits per heavy atom. The van der Waals surface area contributed by atoms with Crippen LogP contribution < -0.4 is 5.73 Å². The molecular weight excluding hydrogens is 176 g/mol. The molecule has 0 aliphatic carbocycles. The molecule has 1 rings (SSSR count). The van der Waals surface area contributed by atoms with Crippen molar-refractivity contribution in [2.75, 3.05) is 32.8 Å². The van der Waals surface area contributed by atoms with Crippen molar-refractivity contribution < 1.29 is 4.74 Å². The van der Waals surface area contributed by atoms with E-state index in [1.54, 1.807) is 0 Å². The molecule has 1 aliphatic heterocycles. The van der Waals surface area contributed by atoms with Gasteiger partial charge in [-0.1, -0.05) is 13.8 Å². The number of hydrogen-bond donors (Lipinski definition) is 1. The van der Waals surface area contributed by atoms with E-state index in [9.17, 15) is 0 Å². The Hall–Kier alpha value is -0.120. The molecule has 0 saturated carbocycles. The van der Waals surface area contributed by atoms with Gasteiger partial charge >= 0.3 is 0 Å². The molecule has 1 aliphatic rings. The van der Waals surface area contributed by atoms with Gasteiger partial charge in [0.05, 0.1) is 13.2 Å². The number of morpholine rings is 1. The van der Waals surface area contributed by atoms with Crippen LogP contribution in [0.4, 0.5) is 0 Å². The first-order chi connectivity index (χ1) is 6.55. The molecule has 2 N–H and O–H groups in total. The van der Waals surface area contributed by atoms with E-state index < -0.39 is 0 Å². The van der Waals surface area contributed by atoms with Crippen molar-refractivity contribution in [1.82, 2.24) is 4.90 Å². The van der Waals surface area contributed by atoms with Gasteiger partial charge in [-0.2, -0.15) is 0 Å². The third kappa shape index (κ3) is 3.56. The van der Waals surface area contributed by atoms with E-state index in [0.29, 0.717) is 6.04 Å². The molecule has 1 heterocycles. The highest BCUT2D eigenvalue weighted by Crippen LogP contribution is 2.19. The predicted octanol–water partition coefficient (Wildman–Crippen LogP) is 1.08. The minimum atomic E-state index is 0.276. The first-order valence-electron chi connectivity index (χ1n) is 5.57. The third-order valence-electron chi connectivity index (χ3n) is 3.13. The predicted molar refractivity (Wildman–Crippen MR) is 59.3 cm³/mol. The van der Waals surface area contributed by atoms with Gasteiger partial charge in [-0.3, -0.25) is 4.90 Å². The van der Waals surface area contributed by atoms with Crippen LogP contribution in [-0.4, -0.2) is 43.8 Å². The monoisotopic (exact) mass is 200 g/mol. The van der Waals surface area contributed by atoms with Gasteiger partial charge in [0.1, 0.15) is 0 Å². The van der Waals surface area contributed by atoms with E-state index >= 15 is 0 Å². The van der Waals surface area contributed by atoms with Crippen LogP contribution in [0.25, 0.3) is 0 Å². The standard InChI is InChI=1S/C11H24N2O/c1-10-8-14-7-6-13(10)5-4-11(2,3)9-12/h10H,4-9,12H2,1-3H3. The maximum Gasteiger partial charge on any atom is 0.0619 e. The molecule has 0 spiro atoms.